The van der Waals surface area contributed by atoms with Crippen LogP contribution in [-0.4, -0.2) is 9.55 Å². The molecule has 0 radical (unpaired) electrons. The van der Waals surface area contributed by atoms with Crippen LogP contribution in [0, 0.1) is 0 Å². The number of hydrogen-bond acceptors (Lipinski definition) is 3. The molecule has 1 aromatic heterocycles. The smallest absolute Gasteiger partial charge is 0.398 e. The van der Waals surface area contributed by atoms with Gasteiger partial charge in [0.05, 0.1) is 11.9 Å². The fraction of sp³-hybridized carbons (Fsp3) is 0.250. The summed E-state index contributed by atoms with van der Waals surface area (Å²) < 4.78 is 39.3. The Hall–Kier alpha value is -1.63. The number of rotatable bonds is 3. The molecule has 7 heteroatoms. The average Bonchev–Trinajstić information content (AvgIpc) is 2.72. The fourth-order valence-electron chi connectivity index (χ4n) is 1.53. The van der Waals surface area contributed by atoms with Gasteiger partial charge >= 0.3 is 6.18 Å². The van der Waals surface area contributed by atoms with E-state index in [1.165, 1.54) is 17.8 Å². The molecule has 0 bridgehead atoms. The van der Waals surface area contributed by atoms with Gasteiger partial charge < -0.3 is 10.3 Å². The van der Waals surface area contributed by atoms with Crippen LogP contribution in [0.25, 0.3) is 0 Å². The SMILES string of the molecule is Cn1cncc1CSc1ccc(C(F)(F)F)cc1N. The summed E-state index contributed by atoms with van der Waals surface area (Å²) in [7, 11) is 1.86. The van der Waals surface area contributed by atoms with Crippen molar-refractivity contribution in [2.75, 3.05) is 5.73 Å². The van der Waals surface area contributed by atoms with E-state index in [1.807, 2.05) is 11.6 Å². The molecular formula is C12H12F3N3S. The number of nitrogen functional groups attached to an aromatic ring is 1. The molecular weight excluding hydrogens is 275 g/mol. The Morgan fingerprint density at radius 1 is 1.37 bits per heavy atom. The van der Waals surface area contributed by atoms with Crippen LogP contribution in [0.3, 0.4) is 0 Å². The highest BCUT2D eigenvalue weighted by atomic mass is 32.2. The molecule has 3 nitrogen and oxygen atoms in total. The largest absolute Gasteiger partial charge is 0.416 e. The summed E-state index contributed by atoms with van der Waals surface area (Å²) in [6, 6.07) is 3.41. The van der Waals surface area contributed by atoms with E-state index < -0.39 is 11.7 Å². The number of hydrogen-bond donors (Lipinski definition) is 1. The topological polar surface area (TPSA) is 43.8 Å². The number of aromatic nitrogens is 2. The number of imidazole rings is 1. The molecule has 2 N–H and O–H groups in total. The van der Waals surface area contributed by atoms with Crippen molar-refractivity contribution in [3.63, 3.8) is 0 Å². The molecule has 1 aromatic carbocycles. The molecule has 0 saturated heterocycles. The Bertz CT molecular complexity index is 578. The predicted molar refractivity (Wildman–Crippen MR) is 68.6 cm³/mol. The number of benzene rings is 1. The van der Waals surface area contributed by atoms with Gasteiger partial charge in [0.25, 0.3) is 0 Å². The third kappa shape index (κ3) is 3.23. The molecule has 0 spiro atoms. The molecule has 19 heavy (non-hydrogen) atoms. The van der Waals surface area contributed by atoms with Gasteiger partial charge in [0.2, 0.25) is 0 Å². The van der Waals surface area contributed by atoms with Crippen LogP contribution in [-0.2, 0) is 19.0 Å². The first kappa shape index (κ1) is 13.8. The number of nitrogens with two attached hydrogens (primary N) is 1. The molecule has 2 rings (SSSR count). The van der Waals surface area contributed by atoms with Gasteiger partial charge in [0.1, 0.15) is 0 Å². The number of thioether (sulfide) groups is 1. The summed E-state index contributed by atoms with van der Waals surface area (Å²) in [6.45, 7) is 0. The second kappa shape index (κ2) is 5.16. The van der Waals surface area contributed by atoms with E-state index in [9.17, 15) is 13.2 Å². The lowest BCUT2D eigenvalue weighted by atomic mass is 10.2. The number of anilines is 1. The Morgan fingerprint density at radius 2 is 2.11 bits per heavy atom. The minimum Gasteiger partial charge on any atom is -0.398 e. The highest BCUT2D eigenvalue weighted by Gasteiger charge is 2.30. The van der Waals surface area contributed by atoms with Crippen LogP contribution in [0.15, 0.2) is 35.6 Å². The monoisotopic (exact) mass is 287 g/mol. The lowest BCUT2D eigenvalue weighted by Gasteiger charge is -2.10. The van der Waals surface area contributed by atoms with E-state index >= 15 is 0 Å². The van der Waals surface area contributed by atoms with Crippen molar-refractivity contribution < 1.29 is 13.2 Å². The highest BCUT2D eigenvalue weighted by Crippen LogP contribution is 2.35. The summed E-state index contributed by atoms with van der Waals surface area (Å²) in [5, 5.41) is 0. The molecule has 0 unspecified atom stereocenters. The second-order valence-corrected chi connectivity index (χ2v) is 5.05. The molecule has 0 atom stereocenters. The number of halogens is 3. The van der Waals surface area contributed by atoms with Gasteiger partial charge in [0.15, 0.2) is 0 Å². The van der Waals surface area contributed by atoms with E-state index in [0.717, 1.165) is 17.8 Å². The van der Waals surface area contributed by atoms with E-state index in [2.05, 4.69) is 4.98 Å². The molecule has 0 aliphatic rings. The molecule has 0 amide bonds. The Balaban J connectivity index is 2.12. The minimum atomic E-state index is -4.36. The zero-order valence-electron chi connectivity index (χ0n) is 10.1. The minimum absolute atomic E-state index is 0.141. The van der Waals surface area contributed by atoms with E-state index in [0.29, 0.717) is 10.6 Å². The van der Waals surface area contributed by atoms with Crippen LogP contribution in [0.4, 0.5) is 18.9 Å². The molecule has 1 heterocycles. The van der Waals surface area contributed by atoms with Crippen LogP contribution in [0.2, 0.25) is 0 Å². The Kier molecular flexibility index (Phi) is 3.75. The van der Waals surface area contributed by atoms with Crippen LogP contribution in [0.1, 0.15) is 11.3 Å². The Morgan fingerprint density at radius 3 is 2.63 bits per heavy atom. The van der Waals surface area contributed by atoms with Crippen LogP contribution in [0.5, 0.6) is 0 Å². The van der Waals surface area contributed by atoms with Gasteiger partial charge in [-0.15, -0.1) is 11.8 Å². The van der Waals surface area contributed by atoms with Crippen molar-refractivity contribution in [2.24, 2.45) is 7.05 Å². The van der Waals surface area contributed by atoms with Gasteiger partial charge in [-0.1, -0.05) is 0 Å². The third-order valence-corrected chi connectivity index (χ3v) is 3.75. The van der Waals surface area contributed by atoms with Gasteiger partial charge in [-0.2, -0.15) is 13.2 Å². The van der Waals surface area contributed by atoms with Crippen molar-refractivity contribution >= 4 is 17.4 Å². The molecule has 0 saturated carbocycles. The van der Waals surface area contributed by atoms with Crippen molar-refractivity contribution in [1.29, 1.82) is 0 Å². The van der Waals surface area contributed by atoms with Crippen molar-refractivity contribution in [1.82, 2.24) is 9.55 Å². The zero-order valence-corrected chi connectivity index (χ0v) is 10.9. The quantitative estimate of drug-likeness (QED) is 0.695. The average molecular weight is 287 g/mol. The standard InChI is InChI=1S/C12H12F3N3S/c1-18-7-17-5-9(18)6-19-11-3-2-8(4-10(11)16)12(13,14)15/h2-5,7H,6,16H2,1H3. The van der Waals surface area contributed by atoms with Crippen LogP contribution >= 0.6 is 11.8 Å². The maximum Gasteiger partial charge on any atom is 0.416 e. The summed E-state index contributed by atoms with van der Waals surface area (Å²) in [5.74, 6) is 0.603. The first-order valence-corrected chi connectivity index (χ1v) is 6.41. The molecule has 2 aromatic rings. The maximum atomic E-state index is 12.5. The van der Waals surface area contributed by atoms with E-state index in [1.54, 1.807) is 12.5 Å². The first-order valence-electron chi connectivity index (χ1n) is 5.42. The molecule has 102 valence electrons. The molecule has 0 fully saturated rings. The maximum absolute atomic E-state index is 12.5. The first-order chi connectivity index (χ1) is 8.88. The normalized spacial score (nSPS) is 11.8. The summed E-state index contributed by atoms with van der Waals surface area (Å²) >= 11 is 1.39. The van der Waals surface area contributed by atoms with Crippen molar-refractivity contribution in [3.8, 4) is 0 Å². The lowest BCUT2D eigenvalue weighted by molar-refractivity contribution is -0.137. The third-order valence-electron chi connectivity index (χ3n) is 2.63. The van der Waals surface area contributed by atoms with E-state index in [-0.39, 0.29) is 5.69 Å². The van der Waals surface area contributed by atoms with Crippen molar-refractivity contribution in [3.05, 3.63) is 42.0 Å². The summed E-state index contributed by atoms with van der Waals surface area (Å²) in [6.07, 6.45) is -0.974. The summed E-state index contributed by atoms with van der Waals surface area (Å²) in [4.78, 5) is 4.61. The highest BCUT2D eigenvalue weighted by molar-refractivity contribution is 7.98. The van der Waals surface area contributed by atoms with Gasteiger partial charge in [-0.25, -0.2) is 4.98 Å². The van der Waals surface area contributed by atoms with E-state index in [4.69, 9.17) is 5.73 Å². The van der Waals surface area contributed by atoms with Crippen molar-refractivity contribution in [2.45, 2.75) is 16.8 Å². The van der Waals surface area contributed by atoms with Crippen LogP contribution < -0.4 is 5.73 Å². The lowest BCUT2D eigenvalue weighted by Crippen LogP contribution is -2.05. The predicted octanol–water partition coefficient (Wildman–Crippen LogP) is 3.31. The molecule has 0 aliphatic carbocycles. The van der Waals surface area contributed by atoms with Gasteiger partial charge in [-0.3, -0.25) is 0 Å². The fourth-order valence-corrected chi connectivity index (χ4v) is 2.50. The number of alkyl halides is 3. The summed E-state index contributed by atoms with van der Waals surface area (Å²) in [5.41, 5.74) is 6.04. The zero-order chi connectivity index (χ0) is 14.0. The second-order valence-electron chi connectivity index (χ2n) is 4.03. The van der Waals surface area contributed by atoms with Gasteiger partial charge in [-0.05, 0) is 18.2 Å². The molecule has 0 aliphatic heterocycles. The van der Waals surface area contributed by atoms with Gasteiger partial charge in [0, 0.05) is 35.3 Å². The number of nitrogens with zero attached hydrogens (tertiary/aromatic N) is 2. The Labute approximate surface area is 112 Å². The number of aryl methyl sites for hydroxylation is 1.